The van der Waals surface area contributed by atoms with Crippen LogP contribution in [0, 0.1) is 17.8 Å². The molecule has 4 bridgehead atoms. The SMILES string of the molecule is ON=Cc1cc(C23CC4CC(CC(C4)C2)C3)ccc1O. The van der Waals surface area contributed by atoms with Crippen LogP contribution in [-0.4, -0.2) is 16.5 Å². The zero-order chi connectivity index (χ0) is 13.7. The van der Waals surface area contributed by atoms with Crippen LogP contribution in [0.2, 0.25) is 0 Å². The Morgan fingerprint density at radius 3 is 2.20 bits per heavy atom. The Labute approximate surface area is 119 Å². The first-order chi connectivity index (χ1) is 9.68. The van der Waals surface area contributed by atoms with Crippen molar-refractivity contribution in [3.8, 4) is 5.75 Å². The number of hydrogen-bond donors (Lipinski definition) is 2. The molecule has 4 aliphatic carbocycles. The Morgan fingerprint density at radius 1 is 1.05 bits per heavy atom. The summed E-state index contributed by atoms with van der Waals surface area (Å²) in [6.45, 7) is 0. The molecule has 0 heterocycles. The predicted octanol–water partition coefficient (Wildman–Crippen LogP) is 3.67. The lowest BCUT2D eigenvalue weighted by Crippen LogP contribution is -2.48. The smallest absolute Gasteiger partial charge is 0.124 e. The number of aromatic hydroxyl groups is 1. The second-order valence-electron chi connectivity index (χ2n) is 7.22. The molecule has 3 nitrogen and oxygen atoms in total. The molecule has 4 saturated carbocycles. The maximum Gasteiger partial charge on any atom is 0.124 e. The summed E-state index contributed by atoms with van der Waals surface area (Å²) in [5, 5.41) is 21.6. The van der Waals surface area contributed by atoms with Crippen LogP contribution in [0.3, 0.4) is 0 Å². The third-order valence-corrected chi connectivity index (χ3v) is 5.87. The molecule has 1 aromatic carbocycles. The maximum absolute atomic E-state index is 9.85. The average Bonchev–Trinajstić information content (AvgIpc) is 2.40. The molecular formula is C17H21NO2. The highest BCUT2D eigenvalue weighted by Gasteiger charge is 2.51. The summed E-state index contributed by atoms with van der Waals surface area (Å²) in [4.78, 5) is 0. The minimum Gasteiger partial charge on any atom is -0.507 e. The molecule has 2 N–H and O–H groups in total. The quantitative estimate of drug-likeness (QED) is 0.490. The molecule has 0 amide bonds. The Morgan fingerprint density at radius 2 is 1.65 bits per heavy atom. The van der Waals surface area contributed by atoms with Crippen LogP contribution in [0.5, 0.6) is 5.75 Å². The van der Waals surface area contributed by atoms with Gasteiger partial charge in [0.2, 0.25) is 0 Å². The Bertz CT molecular complexity index is 529. The van der Waals surface area contributed by atoms with Gasteiger partial charge in [0.1, 0.15) is 5.75 Å². The first-order valence-electron chi connectivity index (χ1n) is 7.69. The number of phenolic OH excluding ortho intramolecular Hbond substituents is 1. The summed E-state index contributed by atoms with van der Waals surface area (Å²) >= 11 is 0. The van der Waals surface area contributed by atoms with E-state index in [1.54, 1.807) is 6.07 Å². The third-order valence-electron chi connectivity index (χ3n) is 5.87. The zero-order valence-corrected chi connectivity index (χ0v) is 11.6. The molecule has 0 saturated heterocycles. The fraction of sp³-hybridized carbons (Fsp3) is 0.588. The van der Waals surface area contributed by atoms with Crippen molar-refractivity contribution in [2.45, 2.75) is 43.9 Å². The fourth-order valence-corrected chi connectivity index (χ4v) is 5.51. The van der Waals surface area contributed by atoms with Crippen molar-refractivity contribution in [3.05, 3.63) is 29.3 Å². The molecule has 0 aliphatic heterocycles. The van der Waals surface area contributed by atoms with Crippen molar-refractivity contribution in [1.82, 2.24) is 0 Å². The van der Waals surface area contributed by atoms with Gasteiger partial charge in [0.05, 0.1) is 6.21 Å². The standard InChI is InChI=1S/C17H21NO2/c19-16-2-1-15(6-14(16)10-18-20)17-7-11-3-12(8-17)5-13(4-11)9-17/h1-2,6,10-13,19-20H,3-5,7-9H2. The van der Waals surface area contributed by atoms with E-state index < -0.39 is 0 Å². The molecule has 0 unspecified atom stereocenters. The molecule has 20 heavy (non-hydrogen) atoms. The molecule has 106 valence electrons. The van der Waals surface area contributed by atoms with Crippen molar-refractivity contribution in [2.75, 3.05) is 0 Å². The van der Waals surface area contributed by atoms with Gasteiger partial charge in [0.25, 0.3) is 0 Å². The Kier molecular flexibility index (Phi) is 2.60. The second-order valence-corrected chi connectivity index (χ2v) is 7.22. The number of phenols is 1. The van der Waals surface area contributed by atoms with E-state index in [2.05, 4.69) is 11.2 Å². The number of hydrogen-bond acceptors (Lipinski definition) is 3. The van der Waals surface area contributed by atoms with Gasteiger partial charge in [0, 0.05) is 5.56 Å². The normalized spacial score (nSPS) is 38.7. The van der Waals surface area contributed by atoms with Crippen LogP contribution in [-0.2, 0) is 5.41 Å². The Balaban J connectivity index is 1.75. The van der Waals surface area contributed by atoms with Crippen molar-refractivity contribution in [2.24, 2.45) is 22.9 Å². The topological polar surface area (TPSA) is 52.8 Å². The van der Waals surface area contributed by atoms with E-state index in [4.69, 9.17) is 5.21 Å². The molecule has 4 aliphatic rings. The van der Waals surface area contributed by atoms with E-state index in [1.165, 1.54) is 50.3 Å². The first-order valence-corrected chi connectivity index (χ1v) is 7.69. The monoisotopic (exact) mass is 271 g/mol. The summed E-state index contributed by atoms with van der Waals surface area (Å²) in [5.74, 6) is 2.91. The summed E-state index contributed by atoms with van der Waals surface area (Å²) < 4.78 is 0. The van der Waals surface area contributed by atoms with Gasteiger partial charge in [-0.3, -0.25) is 0 Å². The molecular weight excluding hydrogens is 250 g/mol. The average molecular weight is 271 g/mol. The molecule has 0 radical (unpaired) electrons. The number of benzene rings is 1. The summed E-state index contributed by atoms with van der Waals surface area (Å²) in [7, 11) is 0. The highest BCUT2D eigenvalue weighted by molar-refractivity contribution is 5.83. The summed E-state index contributed by atoms with van der Waals surface area (Å²) in [6, 6.07) is 5.87. The van der Waals surface area contributed by atoms with Gasteiger partial charge in [-0.25, -0.2) is 0 Å². The van der Waals surface area contributed by atoms with Gasteiger partial charge in [-0.1, -0.05) is 11.2 Å². The summed E-state index contributed by atoms with van der Waals surface area (Å²) in [5.41, 5.74) is 2.28. The van der Waals surface area contributed by atoms with Crippen molar-refractivity contribution in [1.29, 1.82) is 0 Å². The molecule has 3 heteroatoms. The lowest BCUT2D eigenvalue weighted by atomic mass is 9.48. The molecule has 0 aromatic heterocycles. The molecule has 0 atom stereocenters. The minimum absolute atomic E-state index is 0.191. The van der Waals surface area contributed by atoms with E-state index in [0.717, 1.165) is 17.8 Å². The highest BCUT2D eigenvalue weighted by Crippen LogP contribution is 2.60. The van der Waals surface area contributed by atoms with Gasteiger partial charge >= 0.3 is 0 Å². The van der Waals surface area contributed by atoms with Gasteiger partial charge in [-0.15, -0.1) is 0 Å². The van der Waals surface area contributed by atoms with Crippen LogP contribution < -0.4 is 0 Å². The first kappa shape index (κ1) is 12.2. The Hall–Kier alpha value is -1.51. The third kappa shape index (κ3) is 1.75. The van der Waals surface area contributed by atoms with E-state index in [1.807, 2.05) is 6.07 Å². The number of rotatable bonds is 2. The van der Waals surface area contributed by atoms with E-state index in [9.17, 15) is 5.11 Å². The van der Waals surface area contributed by atoms with Gasteiger partial charge in [0.15, 0.2) is 0 Å². The maximum atomic E-state index is 9.85. The van der Waals surface area contributed by atoms with E-state index in [0.29, 0.717) is 11.0 Å². The second kappa shape index (κ2) is 4.24. The molecule has 1 aromatic rings. The van der Waals surface area contributed by atoms with Crippen LogP contribution >= 0.6 is 0 Å². The van der Waals surface area contributed by atoms with Gasteiger partial charge in [-0.05, 0) is 79.4 Å². The predicted molar refractivity (Wildman–Crippen MR) is 77.3 cm³/mol. The molecule has 0 spiro atoms. The van der Waals surface area contributed by atoms with E-state index in [-0.39, 0.29) is 5.75 Å². The summed E-state index contributed by atoms with van der Waals surface area (Å²) in [6.07, 6.45) is 9.55. The lowest BCUT2D eigenvalue weighted by Gasteiger charge is -2.57. The van der Waals surface area contributed by atoms with Crippen molar-refractivity contribution >= 4 is 6.21 Å². The van der Waals surface area contributed by atoms with Crippen LogP contribution in [0.1, 0.15) is 49.7 Å². The van der Waals surface area contributed by atoms with Crippen LogP contribution in [0.25, 0.3) is 0 Å². The number of oxime groups is 1. The van der Waals surface area contributed by atoms with Crippen LogP contribution in [0.4, 0.5) is 0 Å². The zero-order valence-electron chi connectivity index (χ0n) is 11.6. The lowest BCUT2D eigenvalue weighted by molar-refractivity contribution is -0.00520. The fourth-order valence-electron chi connectivity index (χ4n) is 5.51. The van der Waals surface area contributed by atoms with E-state index >= 15 is 0 Å². The highest BCUT2D eigenvalue weighted by atomic mass is 16.4. The van der Waals surface area contributed by atoms with Gasteiger partial charge in [-0.2, -0.15) is 0 Å². The van der Waals surface area contributed by atoms with Crippen LogP contribution in [0.15, 0.2) is 23.4 Å². The minimum atomic E-state index is 0.191. The molecule has 4 fully saturated rings. The van der Waals surface area contributed by atoms with Crippen molar-refractivity contribution in [3.63, 3.8) is 0 Å². The number of nitrogens with zero attached hydrogens (tertiary/aromatic N) is 1. The molecule has 5 rings (SSSR count). The van der Waals surface area contributed by atoms with Crippen molar-refractivity contribution < 1.29 is 10.3 Å². The van der Waals surface area contributed by atoms with Gasteiger partial charge < -0.3 is 10.3 Å². The largest absolute Gasteiger partial charge is 0.507 e.